The number of hydrogen-bond donors (Lipinski definition) is 1. The summed E-state index contributed by atoms with van der Waals surface area (Å²) in [6.07, 6.45) is 3.27. The SMILES string of the molecule is CCN(CC)CCCC(C)Nc1c([N+](=O)[O-])cnc2cc(Cl)ccc12. The van der Waals surface area contributed by atoms with Gasteiger partial charge in [0.2, 0.25) is 0 Å². The van der Waals surface area contributed by atoms with Gasteiger partial charge in [-0.15, -0.1) is 0 Å². The minimum Gasteiger partial charge on any atom is -0.376 e. The maximum absolute atomic E-state index is 11.4. The molecule has 25 heavy (non-hydrogen) atoms. The summed E-state index contributed by atoms with van der Waals surface area (Å²) >= 11 is 6.01. The Kier molecular flexibility index (Phi) is 6.96. The number of rotatable bonds is 9. The summed E-state index contributed by atoms with van der Waals surface area (Å²) in [5, 5.41) is 16.0. The lowest BCUT2D eigenvalue weighted by Gasteiger charge is -2.20. The van der Waals surface area contributed by atoms with Gasteiger partial charge < -0.3 is 10.2 Å². The van der Waals surface area contributed by atoms with Crippen LogP contribution in [0.2, 0.25) is 5.02 Å². The van der Waals surface area contributed by atoms with Crippen LogP contribution >= 0.6 is 11.6 Å². The van der Waals surface area contributed by atoms with Crippen molar-refractivity contribution in [2.45, 2.75) is 39.7 Å². The number of nitrogens with one attached hydrogen (secondary N) is 1. The lowest BCUT2D eigenvalue weighted by molar-refractivity contribution is -0.384. The van der Waals surface area contributed by atoms with Crippen molar-refractivity contribution in [2.24, 2.45) is 0 Å². The fourth-order valence-electron chi connectivity index (χ4n) is 2.93. The van der Waals surface area contributed by atoms with Gasteiger partial charge in [-0.2, -0.15) is 0 Å². The van der Waals surface area contributed by atoms with Crippen LogP contribution in [0.5, 0.6) is 0 Å². The van der Waals surface area contributed by atoms with E-state index in [2.05, 4.69) is 29.0 Å². The van der Waals surface area contributed by atoms with E-state index >= 15 is 0 Å². The molecular formula is C18H25ClN4O2. The predicted octanol–water partition coefficient (Wildman–Crippen LogP) is 4.72. The number of anilines is 1. The van der Waals surface area contributed by atoms with Crippen molar-refractivity contribution >= 4 is 33.9 Å². The quantitative estimate of drug-likeness (QED) is 0.515. The molecule has 0 amide bonds. The average Bonchev–Trinajstić information content (AvgIpc) is 2.58. The van der Waals surface area contributed by atoms with E-state index in [-0.39, 0.29) is 11.7 Å². The van der Waals surface area contributed by atoms with Crippen molar-refractivity contribution in [3.63, 3.8) is 0 Å². The first kappa shape index (κ1) is 19.4. The minimum atomic E-state index is -0.397. The van der Waals surface area contributed by atoms with Gasteiger partial charge in [0, 0.05) is 16.5 Å². The van der Waals surface area contributed by atoms with Gasteiger partial charge in [-0.05, 0) is 57.6 Å². The highest BCUT2D eigenvalue weighted by atomic mass is 35.5. The second-order valence-corrected chi connectivity index (χ2v) is 6.59. The van der Waals surface area contributed by atoms with Crippen LogP contribution < -0.4 is 5.32 Å². The van der Waals surface area contributed by atoms with Crippen LogP contribution in [-0.2, 0) is 0 Å². The smallest absolute Gasteiger partial charge is 0.311 e. The molecule has 0 aliphatic carbocycles. The molecule has 0 saturated heterocycles. The number of fused-ring (bicyclic) bond motifs is 1. The molecule has 2 aromatic rings. The first-order valence-corrected chi connectivity index (χ1v) is 9.05. The van der Waals surface area contributed by atoms with E-state index in [4.69, 9.17) is 11.6 Å². The zero-order valence-electron chi connectivity index (χ0n) is 15.0. The van der Waals surface area contributed by atoms with Crippen LogP contribution in [0.4, 0.5) is 11.4 Å². The largest absolute Gasteiger partial charge is 0.376 e. The molecule has 1 heterocycles. The molecule has 1 N–H and O–H groups in total. The van der Waals surface area contributed by atoms with E-state index in [1.807, 2.05) is 6.92 Å². The van der Waals surface area contributed by atoms with Gasteiger partial charge in [0.25, 0.3) is 0 Å². The Balaban J connectivity index is 2.17. The van der Waals surface area contributed by atoms with E-state index in [0.29, 0.717) is 21.6 Å². The summed E-state index contributed by atoms with van der Waals surface area (Å²) in [7, 11) is 0. The third-order valence-electron chi connectivity index (χ3n) is 4.40. The Labute approximate surface area is 153 Å². The highest BCUT2D eigenvalue weighted by molar-refractivity contribution is 6.31. The zero-order chi connectivity index (χ0) is 18.4. The molecule has 136 valence electrons. The minimum absolute atomic E-state index is 0.00887. The average molecular weight is 365 g/mol. The van der Waals surface area contributed by atoms with Crippen molar-refractivity contribution in [1.82, 2.24) is 9.88 Å². The van der Waals surface area contributed by atoms with Crippen molar-refractivity contribution in [3.05, 3.63) is 39.5 Å². The summed E-state index contributed by atoms with van der Waals surface area (Å²) in [5.41, 5.74) is 1.16. The number of pyridine rings is 1. The summed E-state index contributed by atoms with van der Waals surface area (Å²) in [4.78, 5) is 17.5. The summed E-state index contributed by atoms with van der Waals surface area (Å²) in [6, 6.07) is 5.35. The molecule has 0 fully saturated rings. The van der Waals surface area contributed by atoms with Gasteiger partial charge in [-0.3, -0.25) is 10.1 Å². The topological polar surface area (TPSA) is 71.3 Å². The molecule has 1 atom stereocenters. The standard InChI is InChI=1S/C18H25ClN4O2/c1-4-22(5-2)10-6-7-13(3)21-18-15-9-8-14(19)11-16(15)20-12-17(18)23(24)25/h8-9,11-13H,4-7,10H2,1-3H3,(H,20,21). The second-order valence-electron chi connectivity index (χ2n) is 6.15. The summed E-state index contributed by atoms with van der Waals surface area (Å²) in [6.45, 7) is 9.48. The van der Waals surface area contributed by atoms with Crippen LogP contribution in [0.25, 0.3) is 10.9 Å². The normalized spacial score (nSPS) is 12.5. The third kappa shape index (κ3) is 5.03. The van der Waals surface area contributed by atoms with Gasteiger partial charge in [0.1, 0.15) is 11.9 Å². The Bertz CT molecular complexity index is 734. The number of nitrogens with zero attached hydrogens (tertiary/aromatic N) is 3. The monoisotopic (exact) mass is 364 g/mol. The second kappa shape index (κ2) is 8.97. The van der Waals surface area contributed by atoms with E-state index in [0.717, 1.165) is 32.5 Å². The van der Waals surface area contributed by atoms with Gasteiger partial charge in [-0.1, -0.05) is 25.4 Å². The molecular weight excluding hydrogens is 340 g/mol. The lowest BCUT2D eigenvalue weighted by Crippen LogP contribution is -2.25. The maximum Gasteiger partial charge on any atom is 0.311 e. The van der Waals surface area contributed by atoms with E-state index in [1.54, 1.807) is 18.2 Å². The molecule has 0 bridgehead atoms. The predicted molar refractivity (Wildman–Crippen MR) is 104 cm³/mol. The van der Waals surface area contributed by atoms with Crippen molar-refractivity contribution < 1.29 is 4.92 Å². The van der Waals surface area contributed by atoms with Crippen LogP contribution in [0.1, 0.15) is 33.6 Å². The lowest BCUT2D eigenvalue weighted by atomic mass is 10.1. The van der Waals surface area contributed by atoms with Gasteiger partial charge in [-0.25, -0.2) is 4.98 Å². The highest BCUT2D eigenvalue weighted by Crippen LogP contribution is 2.33. The number of halogens is 1. The first-order valence-electron chi connectivity index (χ1n) is 8.67. The third-order valence-corrected chi connectivity index (χ3v) is 4.64. The molecule has 2 rings (SSSR count). The molecule has 7 heteroatoms. The van der Waals surface area contributed by atoms with Crippen LogP contribution in [0.15, 0.2) is 24.4 Å². The van der Waals surface area contributed by atoms with Crippen LogP contribution in [0.3, 0.4) is 0 Å². The molecule has 1 aromatic carbocycles. The molecule has 0 spiro atoms. The van der Waals surface area contributed by atoms with E-state index < -0.39 is 4.92 Å². The molecule has 6 nitrogen and oxygen atoms in total. The van der Waals surface area contributed by atoms with Gasteiger partial charge in [0.15, 0.2) is 0 Å². The molecule has 0 saturated carbocycles. The van der Waals surface area contributed by atoms with E-state index in [1.165, 1.54) is 6.20 Å². The fourth-order valence-corrected chi connectivity index (χ4v) is 3.09. The number of aromatic nitrogens is 1. The van der Waals surface area contributed by atoms with Crippen LogP contribution in [0, 0.1) is 10.1 Å². The van der Waals surface area contributed by atoms with E-state index in [9.17, 15) is 10.1 Å². The fraction of sp³-hybridized carbons (Fsp3) is 0.500. The Morgan fingerprint density at radius 2 is 2.08 bits per heavy atom. The highest BCUT2D eigenvalue weighted by Gasteiger charge is 2.19. The Morgan fingerprint density at radius 3 is 2.72 bits per heavy atom. The number of nitro groups is 1. The summed E-state index contributed by atoms with van der Waals surface area (Å²) in [5.74, 6) is 0. The number of hydrogen-bond acceptors (Lipinski definition) is 5. The molecule has 1 unspecified atom stereocenters. The Morgan fingerprint density at radius 1 is 1.36 bits per heavy atom. The molecule has 0 radical (unpaired) electrons. The van der Waals surface area contributed by atoms with Crippen molar-refractivity contribution in [2.75, 3.05) is 25.0 Å². The maximum atomic E-state index is 11.4. The van der Waals surface area contributed by atoms with Crippen LogP contribution in [-0.4, -0.2) is 40.5 Å². The number of benzene rings is 1. The van der Waals surface area contributed by atoms with Crippen molar-refractivity contribution in [1.29, 1.82) is 0 Å². The molecule has 0 aliphatic heterocycles. The zero-order valence-corrected chi connectivity index (χ0v) is 15.7. The van der Waals surface area contributed by atoms with Gasteiger partial charge >= 0.3 is 5.69 Å². The Hall–Kier alpha value is -1.92. The van der Waals surface area contributed by atoms with Crippen molar-refractivity contribution in [3.8, 4) is 0 Å². The first-order chi connectivity index (χ1) is 12.0. The molecule has 0 aliphatic rings. The van der Waals surface area contributed by atoms with Gasteiger partial charge in [0.05, 0.1) is 10.4 Å². The molecule has 1 aromatic heterocycles. The summed E-state index contributed by atoms with van der Waals surface area (Å²) < 4.78 is 0.